The van der Waals surface area contributed by atoms with Gasteiger partial charge in [-0.3, -0.25) is 4.57 Å². The zero-order chi connectivity index (χ0) is 24.0. The summed E-state index contributed by atoms with van der Waals surface area (Å²) >= 11 is 0. The Labute approximate surface area is 197 Å². The monoisotopic (exact) mass is 477 g/mol. The minimum atomic E-state index is -3.08. The fourth-order valence-electron chi connectivity index (χ4n) is 4.88. The van der Waals surface area contributed by atoms with Gasteiger partial charge >= 0.3 is 0 Å². The molecular weight excluding hydrogens is 440 g/mol. The van der Waals surface area contributed by atoms with Crippen molar-refractivity contribution in [1.82, 2.24) is 0 Å². The van der Waals surface area contributed by atoms with Crippen LogP contribution in [0.25, 0.3) is 0 Å². The van der Waals surface area contributed by atoms with E-state index in [1.807, 2.05) is 24.3 Å². The number of nitrogens with zero attached hydrogens (tertiary/aromatic N) is 1. The van der Waals surface area contributed by atoms with E-state index in [0.29, 0.717) is 36.1 Å². The lowest BCUT2D eigenvalue weighted by Gasteiger charge is -2.29. The summed E-state index contributed by atoms with van der Waals surface area (Å²) in [6.07, 6.45) is 7.95. The highest BCUT2D eigenvalue weighted by Gasteiger charge is 2.35. The van der Waals surface area contributed by atoms with E-state index in [1.165, 1.54) is 20.7 Å². The minimum absolute atomic E-state index is 0.120. The first-order valence-corrected chi connectivity index (χ1v) is 14.1. The van der Waals surface area contributed by atoms with Gasteiger partial charge in [-0.05, 0) is 99.1 Å². The Balaban J connectivity index is 1.56. The van der Waals surface area contributed by atoms with Crippen molar-refractivity contribution >= 4 is 14.1 Å². The van der Waals surface area contributed by atoms with Gasteiger partial charge in [0.1, 0.15) is 11.6 Å². The van der Waals surface area contributed by atoms with Crippen LogP contribution in [0.4, 0.5) is 4.39 Å². The zero-order valence-electron chi connectivity index (χ0n) is 20.0. The van der Waals surface area contributed by atoms with Crippen LogP contribution in [0.1, 0.15) is 56.9 Å². The number of ether oxygens (including phenoxy) is 2. The van der Waals surface area contributed by atoms with Gasteiger partial charge in [0.25, 0.3) is 0 Å². The molecule has 1 N–H and O–H groups in total. The molecule has 2 saturated carbocycles. The Morgan fingerprint density at radius 3 is 2.55 bits per heavy atom. The van der Waals surface area contributed by atoms with Gasteiger partial charge in [-0.2, -0.15) is 0 Å². The first-order valence-electron chi connectivity index (χ1n) is 11.8. The van der Waals surface area contributed by atoms with Crippen molar-refractivity contribution in [3.8, 4) is 5.75 Å². The lowest BCUT2D eigenvalue weighted by atomic mass is 9.78. The van der Waals surface area contributed by atoms with Gasteiger partial charge in [-0.15, -0.1) is 0 Å². The van der Waals surface area contributed by atoms with E-state index in [4.69, 9.17) is 9.47 Å². The average Bonchev–Trinajstić information content (AvgIpc) is 3.62. The Hall–Kier alpha value is -1.91. The summed E-state index contributed by atoms with van der Waals surface area (Å²) in [7, 11) is -1.57. The van der Waals surface area contributed by atoms with E-state index >= 15 is 0 Å². The third-order valence-electron chi connectivity index (χ3n) is 6.83. The van der Waals surface area contributed by atoms with Crippen LogP contribution in [0.3, 0.4) is 0 Å². The van der Waals surface area contributed by atoms with Crippen LogP contribution in [0.5, 0.6) is 5.75 Å². The first kappa shape index (κ1) is 25.7. The number of aliphatic imine (C=N–C) groups is 1. The second-order valence-electron chi connectivity index (χ2n) is 9.61. The average molecular weight is 478 g/mol. The molecule has 0 radical (unpaired) electrons. The van der Waals surface area contributed by atoms with Gasteiger partial charge in [0.05, 0.1) is 13.7 Å². The summed E-state index contributed by atoms with van der Waals surface area (Å²) in [5.41, 5.74) is 1.74. The van der Waals surface area contributed by atoms with E-state index in [2.05, 4.69) is 11.7 Å². The summed E-state index contributed by atoms with van der Waals surface area (Å²) < 4.78 is 37.5. The lowest BCUT2D eigenvalue weighted by Crippen LogP contribution is -2.21. The van der Waals surface area contributed by atoms with Crippen molar-refractivity contribution in [1.29, 1.82) is 0 Å². The molecule has 0 aromatic heterocycles. The molecule has 2 fully saturated rings. The molecule has 0 spiro atoms. The molecule has 0 aliphatic heterocycles. The van der Waals surface area contributed by atoms with Gasteiger partial charge in [-0.1, -0.05) is 12.1 Å². The lowest BCUT2D eigenvalue weighted by molar-refractivity contribution is 0.191. The maximum absolute atomic E-state index is 14.2. The molecule has 0 amide bonds. The summed E-state index contributed by atoms with van der Waals surface area (Å²) in [5.74, 6) is 2.13. The highest BCUT2D eigenvalue weighted by Crippen LogP contribution is 2.50. The van der Waals surface area contributed by atoms with Gasteiger partial charge < -0.3 is 14.4 Å². The Morgan fingerprint density at radius 1 is 1.30 bits per heavy atom. The highest BCUT2D eigenvalue weighted by molar-refractivity contribution is 7.57. The SMILES string of the molecule is C=N/C(=C\C(=C(/C)F)C1CCC(COc2cccc([C@@H](CP(C)(=O)O)C3CC3)c2)CC1)OC. The molecule has 0 saturated heterocycles. The van der Waals surface area contributed by atoms with Crippen LogP contribution in [0.15, 0.2) is 52.6 Å². The number of hydrogen-bond acceptors (Lipinski definition) is 4. The van der Waals surface area contributed by atoms with Crippen LogP contribution in [-0.4, -0.2) is 38.2 Å². The summed E-state index contributed by atoms with van der Waals surface area (Å²) in [6, 6.07) is 8.01. The fraction of sp³-hybridized carbons (Fsp3) is 0.577. The number of benzene rings is 1. The maximum atomic E-state index is 14.2. The molecule has 0 bridgehead atoms. The predicted molar refractivity (Wildman–Crippen MR) is 132 cm³/mol. The number of halogens is 1. The van der Waals surface area contributed by atoms with Crippen LogP contribution in [0, 0.1) is 17.8 Å². The standard InChI is InChI=1S/C26H37FNO4P/c1-18(27)24(15-26(28-2)31-3)20-10-8-19(9-11-20)16-32-23-7-5-6-22(14-23)25(21-12-13-21)17-33(4,29)30/h5-7,14-15,19-21,25H,2,8-13,16-17H2,1,3-4H3,(H,29,30)/b24-18-,26-15+/t19?,20?,25-/m0/s1. The van der Waals surface area contributed by atoms with Crippen molar-refractivity contribution in [3.05, 3.63) is 53.2 Å². The second-order valence-corrected chi connectivity index (χ2v) is 12.1. The molecule has 3 rings (SSSR count). The number of methoxy groups -OCH3 is 1. The van der Waals surface area contributed by atoms with Gasteiger partial charge in [0.2, 0.25) is 5.88 Å². The Bertz CT molecular complexity index is 922. The molecule has 0 heterocycles. The minimum Gasteiger partial charge on any atom is -0.493 e. The molecule has 182 valence electrons. The van der Waals surface area contributed by atoms with Gasteiger partial charge in [-0.25, -0.2) is 9.38 Å². The first-order chi connectivity index (χ1) is 15.7. The summed E-state index contributed by atoms with van der Waals surface area (Å²) in [5, 5.41) is 0. The largest absolute Gasteiger partial charge is 0.493 e. The smallest absolute Gasteiger partial charge is 0.212 e. The Morgan fingerprint density at radius 2 is 2.00 bits per heavy atom. The van der Waals surface area contributed by atoms with Crippen LogP contribution >= 0.6 is 7.37 Å². The number of rotatable bonds is 11. The Kier molecular flexibility index (Phi) is 8.95. The number of allylic oxidation sites excluding steroid dienone is 3. The topological polar surface area (TPSA) is 68.1 Å². The van der Waals surface area contributed by atoms with Gasteiger partial charge in [0, 0.05) is 18.9 Å². The van der Waals surface area contributed by atoms with Crippen molar-refractivity contribution in [3.63, 3.8) is 0 Å². The molecular formula is C26H37FNO4P. The van der Waals surface area contributed by atoms with Crippen molar-refractivity contribution in [2.45, 2.75) is 51.4 Å². The molecule has 2 aliphatic carbocycles. The fourth-order valence-corrected chi connectivity index (χ4v) is 6.12. The van der Waals surface area contributed by atoms with Crippen molar-refractivity contribution in [2.75, 3.05) is 26.5 Å². The van der Waals surface area contributed by atoms with E-state index in [0.717, 1.165) is 49.8 Å². The third-order valence-corrected chi connectivity index (χ3v) is 7.90. The predicted octanol–water partition coefficient (Wildman–Crippen LogP) is 6.70. The van der Waals surface area contributed by atoms with Crippen molar-refractivity contribution < 1.29 is 23.3 Å². The van der Waals surface area contributed by atoms with Crippen LogP contribution < -0.4 is 4.74 Å². The molecule has 1 aromatic rings. The van der Waals surface area contributed by atoms with Crippen molar-refractivity contribution in [2.24, 2.45) is 22.7 Å². The number of hydrogen-bond donors (Lipinski definition) is 1. The maximum Gasteiger partial charge on any atom is 0.212 e. The molecule has 5 nitrogen and oxygen atoms in total. The highest BCUT2D eigenvalue weighted by atomic mass is 31.2. The third kappa shape index (κ3) is 7.82. The second kappa shape index (κ2) is 11.5. The zero-order valence-corrected chi connectivity index (χ0v) is 20.9. The van der Waals surface area contributed by atoms with E-state index < -0.39 is 7.37 Å². The molecule has 1 aromatic carbocycles. The van der Waals surface area contributed by atoms with Gasteiger partial charge in [0.15, 0.2) is 7.37 Å². The van der Waals surface area contributed by atoms with Crippen LogP contribution in [-0.2, 0) is 9.30 Å². The molecule has 2 atom stereocenters. The summed E-state index contributed by atoms with van der Waals surface area (Å²) in [4.78, 5) is 13.7. The molecule has 1 unspecified atom stereocenters. The molecule has 7 heteroatoms. The van der Waals surface area contributed by atoms with E-state index in [9.17, 15) is 13.8 Å². The summed E-state index contributed by atoms with van der Waals surface area (Å²) in [6.45, 7) is 7.02. The quantitative estimate of drug-likeness (QED) is 0.167. The van der Waals surface area contributed by atoms with E-state index in [-0.39, 0.29) is 17.7 Å². The normalized spacial score (nSPS) is 24.9. The molecule has 2 aliphatic rings. The van der Waals surface area contributed by atoms with Crippen LogP contribution in [0.2, 0.25) is 0 Å². The van der Waals surface area contributed by atoms with E-state index in [1.54, 1.807) is 6.08 Å². The molecule has 33 heavy (non-hydrogen) atoms.